The first-order chi connectivity index (χ1) is 18.3. The maximum absolute atomic E-state index is 14.0. The number of thioether (sulfide) groups is 1. The van der Waals surface area contributed by atoms with Crippen LogP contribution in [0.5, 0.6) is 11.5 Å². The quantitative estimate of drug-likeness (QED) is 0.281. The van der Waals surface area contributed by atoms with Crippen LogP contribution in [0.2, 0.25) is 0 Å². The molecule has 38 heavy (non-hydrogen) atoms. The second-order valence-electron chi connectivity index (χ2n) is 8.27. The van der Waals surface area contributed by atoms with Crippen LogP contribution in [-0.2, 0) is 16.2 Å². The molecule has 0 unspecified atom stereocenters. The standard InChI is InChI=1S/C28H24BrFN2O5S/c1-3-36-23-13-18(12-20(29)26(23)37-16-19-9-5-6-10-21(19)30)14-24-27(34)32(28(35)38-24)15-25(33)31-22-11-7-4-8-17(22)2/h4-14H,3,15-16H2,1-2H3,(H,31,33)/b24-14-. The monoisotopic (exact) mass is 598 g/mol. The summed E-state index contributed by atoms with van der Waals surface area (Å²) in [5, 5.41) is 2.20. The second-order valence-corrected chi connectivity index (χ2v) is 10.1. The molecule has 3 aromatic rings. The Balaban J connectivity index is 1.50. The molecule has 0 bridgehead atoms. The van der Waals surface area contributed by atoms with Crippen LogP contribution in [0.1, 0.15) is 23.6 Å². The van der Waals surface area contributed by atoms with Crippen LogP contribution >= 0.6 is 27.7 Å². The van der Waals surface area contributed by atoms with E-state index < -0.39 is 23.6 Å². The molecule has 1 N–H and O–H groups in total. The minimum atomic E-state index is -0.561. The average molecular weight is 599 g/mol. The van der Waals surface area contributed by atoms with Crippen molar-refractivity contribution in [3.8, 4) is 11.5 Å². The van der Waals surface area contributed by atoms with E-state index in [1.807, 2.05) is 26.0 Å². The van der Waals surface area contributed by atoms with Gasteiger partial charge in [0.25, 0.3) is 11.1 Å². The van der Waals surface area contributed by atoms with Crippen LogP contribution in [0.3, 0.4) is 0 Å². The summed E-state index contributed by atoms with van der Waals surface area (Å²) in [4.78, 5) is 39.1. The van der Waals surface area contributed by atoms with Crippen LogP contribution < -0.4 is 14.8 Å². The molecule has 3 amide bonds. The highest BCUT2D eigenvalue weighted by atomic mass is 79.9. The largest absolute Gasteiger partial charge is 0.490 e. The van der Waals surface area contributed by atoms with Crippen LogP contribution in [0.4, 0.5) is 14.9 Å². The van der Waals surface area contributed by atoms with Crippen LogP contribution in [-0.4, -0.2) is 35.1 Å². The van der Waals surface area contributed by atoms with Crippen molar-refractivity contribution in [2.24, 2.45) is 0 Å². The van der Waals surface area contributed by atoms with E-state index in [1.165, 1.54) is 6.07 Å². The summed E-state index contributed by atoms with van der Waals surface area (Å²) in [5.74, 6) is -0.634. The highest BCUT2D eigenvalue weighted by Crippen LogP contribution is 2.40. The highest BCUT2D eigenvalue weighted by Gasteiger charge is 2.36. The number of carbonyl (C=O) groups excluding carboxylic acids is 3. The molecule has 7 nitrogen and oxygen atoms in total. The third-order valence-corrected chi connectivity index (χ3v) is 7.05. The first kappa shape index (κ1) is 27.4. The summed E-state index contributed by atoms with van der Waals surface area (Å²) < 4.78 is 26.1. The number of anilines is 1. The number of para-hydroxylation sites is 1. The summed E-state index contributed by atoms with van der Waals surface area (Å²) in [5.41, 5.74) is 2.46. The second kappa shape index (κ2) is 12.3. The maximum atomic E-state index is 14.0. The number of hydrogen-bond donors (Lipinski definition) is 1. The molecule has 1 saturated heterocycles. The molecule has 0 aromatic heterocycles. The van der Waals surface area contributed by atoms with Gasteiger partial charge in [0.05, 0.1) is 16.0 Å². The molecule has 1 aliphatic heterocycles. The Labute approximate surface area is 232 Å². The van der Waals surface area contributed by atoms with E-state index in [-0.39, 0.29) is 17.3 Å². The Morgan fingerprint density at radius 1 is 1.11 bits per heavy atom. The van der Waals surface area contributed by atoms with Crippen LogP contribution in [0.25, 0.3) is 6.08 Å². The lowest BCUT2D eigenvalue weighted by Gasteiger charge is -2.15. The molecule has 3 aromatic carbocycles. The molecule has 1 heterocycles. The summed E-state index contributed by atoms with van der Waals surface area (Å²) >= 11 is 4.22. The molecule has 0 saturated carbocycles. The minimum Gasteiger partial charge on any atom is -0.490 e. The van der Waals surface area contributed by atoms with Gasteiger partial charge in [0.2, 0.25) is 5.91 Å². The number of nitrogens with one attached hydrogen (secondary N) is 1. The van der Waals surface area contributed by atoms with Gasteiger partial charge in [-0.15, -0.1) is 0 Å². The SMILES string of the molecule is CCOc1cc(/C=C2\SC(=O)N(CC(=O)Nc3ccccc3C)C2=O)cc(Br)c1OCc1ccccc1F. The van der Waals surface area contributed by atoms with Gasteiger partial charge in [-0.1, -0.05) is 36.4 Å². The van der Waals surface area contributed by atoms with Crippen molar-refractivity contribution in [1.29, 1.82) is 0 Å². The van der Waals surface area contributed by atoms with Gasteiger partial charge in [-0.05, 0) is 83.0 Å². The van der Waals surface area contributed by atoms with Gasteiger partial charge >= 0.3 is 0 Å². The first-order valence-electron chi connectivity index (χ1n) is 11.7. The molecular formula is C28H24BrFN2O5S. The van der Waals surface area contributed by atoms with Gasteiger partial charge < -0.3 is 14.8 Å². The summed E-state index contributed by atoms with van der Waals surface area (Å²) in [6, 6.07) is 16.9. The van der Waals surface area contributed by atoms with E-state index in [4.69, 9.17) is 9.47 Å². The van der Waals surface area contributed by atoms with Crippen molar-refractivity contribution in [2.45, 2.75) is 20.5 Å². The Morgan fingerprint density at radius 3 is 2.58 bits per heavy atom. The highest BCUT2D eigenvalue weighted by molar-refractivity contribution is 9.10. The molecule has 0 aliphatic carbocycles. The molecule has 0 radical (unpaired) electrons. The van der Waals surface area contributed by atoms with E-state index in [0.29, 0.717) is 39.4 Å². The van der Waals surface area contributed by atoms with Crippen molar-refractivity contribution in [1.82, 2.24) is 4.90 Å². The van der Waals surface area contributed by atoms with Gasteiger partial charge in [0.1, 0.15) is 19.0 Å². The fourth-order valence-corrected chi connectivity index (χ4v) is 5.09. The lowest BCUT2D eigenvalue weighted by atomic mass is 10.1. The number of nitrogens with zero attached hydrogens (tertiary/aromatic N) is 1. The van der Waals surface area contributed by atoms with Crippen molar-refractivity contribution >= 4 is 56.5 Å². The zero-order valence-corrected chi connectivity index (χ0v) is 23.0. The fraction of sp³-hybridized carbons (Fsp3) is 0.179. The molecule has 10 heteroatoms. The normalized spacial score (nSPS) is 14.2. The van der Waals surface area contributed by atoms with Crippen molar-refractivity contribution in [3.05, 3.63) is 92.5 Å². The lowest BCUT2D eigenvalue weighted by molar-refractivity contribution is -0.127. The number of rotatable bonds is 9. The molecule has 196 valence electrons. The maximum Gasteiger partial charge on any atom is 0.294 e. The van der Waals surface area contributed by atoms with Gasteiger partial charge in [-0.3, -0.25) is 19.3 Å². The third-order valence-electron chi connectivity index (χ3n) is 5.55. The van der Waals surface area contributed by atoms with E-state index >= 15 is 0 Å². The predicted octanol–water partition coefficient (Wildman–Crippen LogP) is 6.55. The number of hydrogen-bond acceptors (Lipinski definition) is 6. The summed E-state index contributed by atoms with van der Waals surface area (Å²) in [7, 11) is 0. The molecule has 0 atom stereocenters. The molecule has 1 aliphatic rings. The number of aryl methyl sites for hydroxylation is 1. The Bertz CT molecular complexity index is 1430. The number of ether oxygens (including phenoxy) is 2. The first-order valence-corrected chi connectivity index (χ1v) is 13.3. The molecule has 4 rings (SSSR count). The van der Waals surface area contributed by atoms with Crippen LogP contribution in [0, 0.1) is 12.7 Å². The van der Waals surface area contributed by atoms with E-state index in [2.05, 4.69) is 21.2 Å². The van der Waals surface area contributed by atoms with Gasteiger partial charge in [0.15, 0.2) is 11.5 Å². The smallest absolute Gasteiger partial charge is 0.294 e. The molecule has 0 spiro atoms. The Morgan fingerprint density at radius 2 is 1.84 bits per heavy atom. The lowest BCUT2D eigenvalue weighted by Crippen LogP contribution is -2.36. The Hall–Kier alpha value is -3.63. The Kier molecular flexibility index (Phi) is 8.85. The number of benzene rings is 3. The zero-order valence-electron chi connectivity index (χ0n) is 20.6. The van der Waals surface area contributed by atoms with Crippen molar-refractivity contribution < 1.29 is 28.2 Å². The molecular weight excluding hydrogens is 575 g/mol. The number of amides is 3. The summed E-state index contributed by atoms with van der Waals surface area (Å²) in [6.07, 6.45) is 1.55. The number of halogens is 2. The van der Waals surface area contributed by atoms with E-state index in [1.54, 1.807) is 48.5 Å². The number of carbonyl (C=O) groups is 3. The third kappa shape index (κ3) is 6.43. The number of imide groups is 1. The predicted molar refractivity (Wildman–Crippen MR) is 149 cm³/mol. The van der Waals surface area contributed by atoms with Crippen LogP contribution in [0.15, 0.2) is 70.0 Å². The average Bonchev–Trinajstić information content (AvgIpc) is 3.13. The zero-order chi connectivity index (χ0) is 27.2. The van der Waals surface area contributed by atoms with Crippen molar-refractivity contribution in [2.75, 3.05) is 18.5 Å². The van der Waals surface area contributed by atoms with Gasteiger partial charge in [-0.25, -0.2) is 4.39 Å². The fourth-order valence-electron chi connectivity index (χ4n) is 3.67. The molecule has 1 fully saturated rings. The summed E-state index contributed by atoms with van der Waals surface area (Å²) in [6.45, 7) is 3.61. The van der Waals surface area contributed by atoms with Crippen molar-refractivity contribution in [3.63, 3.8) is 0 Å². The van der Waals surface area contributed by atoms with Gasteiger partial charge in [-0.2, -0.15) is 0 Å². The topological polar surface area (TPSA) is 84.9 Å². The van der Waals surface area contributed by atoms with E-state index in [0.717, 1.165) is 22.2 Å². The minimum absolute atomic E-state index is 0.00580. The van der Waals surface area contributed by atoms with Gasteiger partial charge in [0, 0.05) is 11.3 Å². The van der Waals surface area contributed by atoms with E-state index in [9.17, 15) is 18.8 Å².